The van der Waals surface area contributed by atoms with Crippen LogP contribution in [0.5, 0.6) is 0 Å². The van der Waals surface area contributed by atoms with E-state index >= 15 is 0 Å². The first-order valence-electron chi connectivity index (χ1n) is 4.12. The molecule has 0 heterocycles. The molecular formula is C10H18IN. The van der Waals surface area contributed by atoms with E-state index in [-0.39, 0.29) is 8.84 Å². The van der Waals surface area contributed by atoms with Crippen LogP contribution < -0.4 is 0 Å². The van der Waals surface area contributed by atoms with Crippen molar-refractivity contribution in [1.82, 2.24) is 0 Å². The van der Waals surface area contributed by atoms with E-state index in [1.54, 1.807) is 0 Å². The molecule has 0 rings (SSSR count). The van der Waals surface area contributed by atoms with Gasteiger partial charge in [-0.05, 0) is 19.3 Å². The Balaban J connectivity index is 4.00. The molecule has 0 radical (unpaired) electrons. The zero-order valence-corrected chi connectivity index (χ0v) is 10.7. The highest BCUT2D eigenvalue weighted by atomic mass is 127. The Labute approximate surface area is 89.5 Å². The highest BCUT2D eigenvalue weighted by Crippen LogP contribution is 2.17. The second kappa shape index (κ2) is 4.40. The molecule has 12 heavy (non-hydrogen) atoms. The predicted molar refractivity (Wildman–Crippen MR) is 65.2 cm³/mol. The monoisotopic (exact) mass is 279 g/mol. The molecule has 0 fully saturated rings. The van der Waals surface area contributed by atoms with Crippen molar-refractivity contribution in [3.8, 4) is 0 Å². The van der Waals surface area contributed by atoms with Crippen molar-refractivity contribution in [1.29, 1.82) is 0 Å². The molecule has 70 valence electrons. The minimum atomic E-state index is 0.180. The Morgan fingerprint density at radius 1 is 1.08 bits per heavy atom. The Bertz CT molecular complexity index is 157. The second-order valence-corrected chi connectivity index (χ2v) is 7.30. The number of allylic oxidation sites excluding steroid dienone is 1. The number of hydrogen-bond acceptors (Lipinski definition) is 1. The lowest BCUT2D eigenvalue weighted by atomic mass is 9.99. The van der Waals surface area contributed by atoms with E-state index in [0.717, 1.165) is 0 Å². The van der Waals surface area contributed by atoms with Crippen LogP contribution in [0.2, 0.25) is 0 Å². The first kappa shape index (κ1) is 12.1. The normalized spacial score (nSPS) is 14.8. The molecule has 0 spiro atoms. The molecule has 0 aromatic rings. The summed E-state index contributed by atoms with van der Waals surface area (Å²) in [5, 5.41) is 0. The largest absolute Gasteiger partial charge is 0.269 e. The molecule has 1 nitrogen and oxygen atoms in total. The molecule has 0 aliphatic heterocycles. The molecule has 0 saturated carbocycles. The maximum absolute atomic E-state index is 4.22. The third-order valence-corrected chi connectivity index (χ3v) is 1.38. The van der Waals surface area contributed by atoms with Gasteiger partial charge in [0.2, 0.25) is 0 Å². The van der Waals surface area contributed by atoms with Crippen molar-refractivity contribution in [2.75, 3.05) is 0 Å². The van der Waals surface area contributed by atoms with E-state index in [4.69, 9.17) is 0 Å². The lowest BCUT2D eigenvalue weighted by molar-refractivity contribution is 0.607. The molecular weight excluding hydrogens is 261 g/mol. The van der Waals surface area contributed by atoms with Crippen LogP contribution in [0.25, 0.3) is 0 Å². The third kappa shape index (κ3) is 10.1. The van der Waals surface area contributed by atoms with E-state index in [1.807, 2.05) is 12.4 Å². The zero-order valence-electron chi connectivity index (χ0n) is 8.56. The van der Waals surface area contributed by atoms with Gasteiger partial charge in [-0.3, -0.25) is 4.99 Å². The predicted octanol–water partition coefficient (Wildman–Crippen LogP) is 3.83. The van der Waals surface area contributed by atoms with Crippen molar-refractivity contribution >= 4 is 28.8 Å². The molecule has 0 aliphatic carbocycles. The molecule has 0 amide bonds. The number of halogens is 1. The molecule has 0 aromatic carbocycles. The first-order valence-corrected chi connectivity index (χ1v) is 5.19. The van der Waals surface area contributed by atoms with Crippen molar-refractivity contribution in [3.63, 3.8) is 0 Å². The highest BCUT2D eigenvalue weighted by molar-refractivity contribution is 14.1. The summed E-state index contributed by atoms with van der Waals surface area (Å²) in [7, 11) is 0. The van der Waals surface area contributed by atoms with E-state index in [0.29, 0.717) is 0 Å². The minimum Gasteiger partial charge on any atom is -0.269 e. The molecule has 0 atom stereocenters. The van der Waals surface area contributed by atoms with Crippen LogP contribution >= 0.6 is 22.6 Å². The summed E-state index contributed by atoms with van der Waals surface area (Å²) in [6.45, 7) is 10.7. The van der Waals surface area contributed by atoms with E-state index in [1.165, 1.54) is 0 Å². The summed E-state index contributed by atoms with van der Waals surface area (Å²) in [6, 6.07) is 0. The van der Waals surface area contributed by atoms with Crippen LogP contribution in [0.15, 0.2) is 17.3 Å². The fourth-order valence-corrected chi connectivity index (χ4v) is 0.648. The van der Waals surface area contributed by atoms with Gasteiger partial charge in [-0.1, -0.05) is 49.4 Å². The van der Waals surface area contributed by atoms with Crippen LogP contribution in [-0.2, 0) is 0 Å². The standard InChI is InChI=1S/C10H18IN/c1-9(2,3)8-12-7-6-10(4,5)11/h6-8H,1-5H3/b7-6+,12-8+. The smallest absolute Gasteiger partial charge is 0.0362 e. The third-order valence-electron chi connectivity index (χ3n) is 1.02. The molecule has 2 heteroatoms. The molecule has 0 saturated heterocycles. The summed E-state index contributed by atoms with van der Waals surface area (Å²) in [5.41, 5.74) is 0.180. The first-order chi connectivity index (χ1) is 5.21. The zero-order chi connectivity index (χ0) is 9.83. The Hall–Kier alpha value is 0.140. The van der Waals surface area contributed by atoms with E-state index < -0.39 is 0 Å². The second-order valence-electron chi connectivity index (χ2n) is 4.52. The Morgan fingerprint density at radius 3 is 1.92 bits per heavy atom. The quantitative estimate of drug-likeness (QED) is 0.414. The lowest BCUT2D eigenvalue weighted by Gasteiger charge is -2.10. The molecule has 0 N–H and O–H groups in total. The Kier molecular flexibility index (Phi) is 4.45. The summed E-state index contributed by atoms with van der Waals surface area (Å²) in [4.78, 5) is 4.22. The van der Waals surface area contributed by atoms with E-state index in [9.17, 15) is 0 Å². The maximum atomic E-state index is 4.22. The van der Waals surface area contributed by atoms with Crippen LogP contribution in [0.4, 0.5) is 0 Å². The van der Waals surface area contributed by atoms with Gasteiger partial charge >= 0.3 is 0 Å². The summed E-state index contributed by atoms with van der Waals surface area (Å²) >= 11 is 2.38. The number of rotatable bonds is 2. The average molecular weight is 279 g/mol. The topological polar surface area (TPSA) is 12.4 Å². The van der Waals surface area contributed by atoms with Gasteiger partial charge in [0.25, 0.3) is 0 Å². The number of alkyl halides is 1. The van der Waals surface area contributed by atoms with Gasteiger partial charge in [0.1, 0.15) is 0 Å². The fourth-order valence-electron chi connectivity index (χ4n) is 0.487. The summed E-state index contributed by atoms with van der Waals surface area (Å²) < 4.78 is 0.201. The van der Waals surface area contributed by atoms with Gasteiger partial charge in [-0.15, -0.1) is 0 Å². The van der Waals surface area contributed by atoms with Crippen LogP contribution in [0, 0.1) is 5.41 Å². The van der Waals surface area contributed by atoms with Crippen LogP contribution in [0.3, 0.4) is 0 Å². The number of aliphatic imine (C=N–C) groups is 1. The number of nitrogens with zero attached hydrogens (tertiary/aromatic N) is 1. The van der Waals surface area contributed by atoms with Crippen LogP contribution in [0.1, 0.15) is 34.6 Å². The lowest BCUT2D eigenvalue weighted by Crippen LogP contribution is -2.06. The van der Waals surface area contributed by atoms with E-state index in [2.05, 4.69) is 68.3 Å². The molecule has 0 aliphatic rings. The average Bonchev–Trinajstić information content (AvgIpc) is 1.76. The fraction of sp³-hybridized carbons (Fsp3) is 0.700. The van der Waals surface area contributed by atoms with Crippen molar-refractivity contribution < 1.29 is 0 Å². The van der Waals surface area contributed by atoms with Crippen LogP contribution in [-0.4, -0.2) is 9.64 Å². The van der Waals surface area contributed by atoms with Gasteiger partial charge in [0.15, 0.2) is 0 Å². The summed E-state index contributed by atoms with van der Waals surface area (Å²) in [6.07, 6.45) is 5.93. The number of hydrogen-bond donors (Lipinski definition) is 0. The van der Waals surface area contributed by atoms with Crippen molar-refractivity contribution in [2.24, 2.45) is 10.4 Å². The SMILES string of the molecule is CC(C)(C)/C=N/C=C/C(C)(C)I. The molecule has 0 aromatic heterocycles. The summed E-state index contributed by atoms with van der Waals surface area (Å²) in [5.74, 6) is 0. The van der Waals surface area contributed by atoms with Gasteiger partial charge in [-0.25, -0.2) is 0 Å². The minimum absolute atomic E-state index is 0.180. The van der Waals surface area contributed by atoms with Gasteiger partial charge in [0.05, 0.1) is 0 Å². The van der Waals surface area contributed by atoms with Gasteiger partial charge in [0, 0.05) is 15.8 Å². The Morgan fingerprint density at radius 2 is 1.58 bits per heavy atom. The van der Waals surface area contributed by atoms with Crippen molar-refractivity contribution in [3.05, 3.63) is 12.3 Å². The highest BCUT2D eigenvalue weighted by Gasteiger charge is 2.06. The van der Waals surface area contributed by atoms with Crippen molar-refractivity contribution in [2.45, 2.75) is 38.0 Å². The maximum Gasteiger partial charge on any atom is 0.0362 e. The molecule has 0 unspecified atom stereocenters. The van der Waals surface area contributed by atoms with Gasteiger partial charge < -0.3 is 0 Å². The molecule has 0 bridgehead atoms. The van der Waals surface area contributed by atoms with Gasteiger partial charge in [-0.2, -0.15) is 0 Å².